The van der Waals surface area contributed by atoms with Crippen molar-refractivity contribution in [1.82, 2.24) is 16.2 Å². The van der Waals surface area contributed by atoms with Crippen molar-refractivity contribution in [1.29, 1.82) is 0 Å². The van der Waals surface area contributed by atoms with E-state index < -0.39 is 21.8 Å². The summed E-state index contributed by atoms with van der Waals surface area (Å²) in [6.07, 6.45) is 2.12. The van der Waals surface area contributed by atoms with Gasteiger partial charge in [-0.15, -0.1) is 0 Å². The van der Waals surface area contributed by atoms with Crippen LogP contribution in [0.2, 0.25) is 5.02 Å². The zero-order valence-corrected chi connectivity index (χ0v) is 15.1. The van der Waals surface area contributed by atoms with Gasteiger partial charge in [-0.3, -0.25) is 10.2 Å². The van der Waals surface area contributed by atoms with Gasteiger partial charge in [-0.25, -0.2) is 18.6 Å². The topological polar surface area (TPSA) is 104 Å². The lowest BCUT2D eigenvalue weighted by atomic mass is 10.1. The summed E-state index contributed by atoms with van der Waals surface area (Å²) in [7, 11) is -3.01. The highest BCUT2D eigenvalue weighted by molar-refractivity contribution is 7.91. The van der Waals surface area contributed by atoms with Crippen LogP contribution in [0.25, 0.3) is 0 Å². The van der Waals surface area contributed by atoms with Crippen LogP contribution in [0.15, 0.2) is 18.2 Å². The number of carbonyl (C=O) groups excluding carboxylic acids is 2. The molecule has 3 N–H and O–H groups in total. The molecule has 0 radical (unpaired) electrons. The van der Waals surface area contributed by atoms with Crippen LogP contribution in [0, 0.1) is 5.92 Å². The smallest absolute Gasteiger partial charge is 0.330 e. The molecule has 0 saturated carbocycles. The van der Waals surface area contributed by atoms with Gasteiger partial charge in [0.1, 0.15) is 0 Å². The highest BCUT2D eigenvalue weighted by Gasteiger charge is 2.29. The van der Waals surface area contributed by atoms with Crippen LogP contribution in [0.3, 0.4) is 0 Å². The minimum Gasteiger partial charge on any atom is -0.330 e. The summed E-state index contributed by atoms with van der Waals surface area (Å²) >= 11 is 6.15. The van der Waals surface area contributed by atoms with Crippen molar-refractivity contribution < 1.29 is 18.0 Å². The fraction of sp³-hybridized carbons (Fsp3) is 0.500. The predicted octanol–water partition coefficient (Wildman–Crippen LogP) is 1.48. The Balaban J connectivity index is 1.45. The van der Waals surface area contributed by atoms with E-state index in [1.807, 2.05) is 18.2 Å². The van der Waals surface area contributed by atoms with Crippen molar-refractivity contribution in [2.24, 2.45) is 5.92 Å². The zero-order valence-electron chi connectivity index (χ0n) is 13.5. The molecule has 9 heteroatoms. The maximum Gasteiger partial charge on any atom is 0.333 e. The molecule has 0 aromatic heterocycles. The van der Waals surface area contributed by atoms with Gasteiger partial charge in [0.25, 0.3) is 0 Å². The van der Waals surface area contributed by atoms with Crippen molar-refractivity contribution in [3.8, 4) is 0 Å². The number of urea groups is 1. The summed E-state index contributed by atoms with van der Waals surface area (Å²) < 4.78 is 22.8. The lowest BCUT2D eigenvalue weighted by molar-refractivity contribution is -0.122. The number of amides is 3. The Morgan fingerprint density at radius 1 is 1.20 bits per heavy atom. The van der Waals surface area contributed by atoms with Gasteiger partial charge in [0.05, 0.1) is 17.5 Å². The fourth-order valence-corrected chi connectivity index (χ4v) is 5.56. The molecule has 0 bridgehead atoms. The Morgan fingerprint density at radius 2 is 2.00 bits per heavy atom. The van der Waals surface area contributed by atoms with Crippen molar-refractivity contribution in [2.45, 2.75) is 31.7 Å². The van der Waals surface area contributed by atoms with Crippen LogP contribution >= 0.6 is 11.6 Å². The van der Waals surface area contributed by atoms with Gasteiger partial charge in [0.2, 0.25) is 5.91 Å². The average molecular weight is 386 g/mol. The lowest BCUT2D eigenvalue weighted by Crippen LogP contribution is -2.48. The van der Waals surface area contributed by atoms with Crippen LogP contribution in [0.5, 0.6) is 0 Å². The highest BCUT2D eigenvalue weighted by atomic mass is 35.5. The van der Waals surface area contributed by atoms with E-state index in [2.05, 4.69) is 16.2 Å². The van der Waals surface area contributed by atoms with E-state index in [1.54, 1.807) is 0 Å². The van der Waals surface area contributed by atoms with Gasteiger partial charge in [-0.1, -0.05) is 23.7 Å². The van der Waals surface area contributed by atoms with Gasteiger partial charge in [-0.2, -0.15) is 0 Å². The van der Waals surface area contributed by atoms with Crippen molar-refractivity contribution in [3.63, 3.8) is 0 Å². The molecule has 1 heterocycles. The molecule has 1 aliphatic carbocycles. The first kappa shape index (κ1) is 18.0. The minimum atomic E-state index is -3.01. The van der Waals surface area contributed by atoms with E-state index in [1.165, 1.54) is 0 Å². The van der Waals surface area contributed by atoms with Gasteiger partial charge >= 0.3 is 6.03 Å². The standard InChI is InChI=1S/C16H20ClN3O4S/c17-13-3-1-2-12-11(13)4-5-14(12)18-16(22)20-19-15(21)8-10-6-7-25(23,24)9-10/h1-3,10,14H,4-9H2,(H,19,21)(H2,18,20,22)/t10-,14+/m0/s1. The molecule has 0 spiro atoms. The number of benzene rings is 1. The number of carbonyl (C=O) groups is 2. The number of hydrogen-bond donors (Lipinski definition) is 3. The van der Waals surface area contributed by atoms with Crippen molar-refractivity contribution >= 4 is 33.4 Å². The van der Waals surface area contributed by atoms with E-state index in [0.29, 0.717) is 11.4 Å². The summed E-state index contributed by atoms with van der Waals surface area (Å²) in [6.45, 7) is 0. The molecular formula is C16H20ClN3O4S. The van der Waals surface area contributed by atoms with E-state index in [-0.39, 0.29) is 29.9 Å². The Bertz CT molecular complexity index is 797. The van der Waals surface area contributed by atoms with Crippen LogP contribution in [0.1, 0.15) is 36.4 Å². The van der Waals surface area contributed by atoms with Crippen LogP contribution in [0.4, 0.5) is 4.79 Å². The number of rotatable bonds is 3. The molecule has 3 amide bonds. The van der Waals surface area contributed by atoms with E-state index in [4.69, 9.17) is 11.6 Å². The molecule has 1 saturated heterocycles. The van der Waals surface area contributed by atoms with E-state index in [9.17, 15) is 18.0 Å². The highest BCUT2D eigenvalue weighted by Crippen LogP contribution is 2.35. The Morgan fingerprint density at radius 3 is 2.72 bits per heavy atom. The zero-order chi connectivity index (χ0) is 18.0. The Kier molecular flexibility index (Phi) is 5.19. The van der Waals surface area contributed by atoms with Crippen LogP contribution < -0.4 is 16.2 Å². The minimum absolute atomic E-state index is 0.0340. The number of halogens is 1. The van der Waals surface area contributed by atoms with Crippen molar-refractivity contribution in [3.05, 3.63) is 34.3 Å². The summed E-state index contributed by atoms with van der Waals surface area (Å²) in [5.74, 6) is -0.416. The molecule has 0 unspecified atom stereocenters. The van der Waals surface area contributed by atoms with Crippen LogP contribution in [-0.4, -0.2) is 31.9 Å². The Labute approximate surface area is 151 Å². The first-order valence-electron chi connectivity index (χ1n) is 8.17. The third-order valence-corrected chi connectivity index (χ3v) is 6.83. The van der Waals surface area contributed by atoms with Crippen molar-refractivity contribution in [2.75, 3.05) is 11.5 Å². The van der Waals surface area contributed by atoms with Gasteiger partial charge in [0, 0.05) is 11.4 Å². The number of nitrogens with one attached hydrogen (secondary N) is 3. The largest absolute Gasteiger partial charge is 0.333 e. The number of hydrazine groups is 1. The number of sulfone groups is 1. The normalized spacial score (nSPS) is 23.7. The molecule has 7 nitrogen and oxygen atoms in total. The Hall–Kier alpha value is -1.80. The molecule has 1 aromatic carbocycles. The fourth-order valence-electron chi connectivity index (χ4n) is 3.43. The summed E-state index contributed by atoms with van der Waals surface area (Å²) in [6, 6.07) is 4.94. The molecule has 2 aliphatic rings. The molecule has 1 fully saturated rings. The second-order valence-electron chi connectivity index (χ2n) is 6.52. The number of hydrogen-bond acceptors (Lipinski definition) is 4. The van der Waals surface area contributed by atoms with Gasteiger partial charge < -0.3 is 5.32 Å². The monoisotopic (exact) mass is 385 g/mol. The molecule has 2 atom stereocenters. The van der Waals surface area contributed by atoms with E-state index in [0.717, 1.165) is 24.0 Å². The number of fused-ring (bicyclic) bond motifs is 1. The quantitative estimate of drug-likeness (QED) is 0.685. The summed E-state index contributed by atoms with van der Waals surface area (Å²) in [4.78, 5) is 23.8. The predicted molar refractivity (Wildman–Crippen MR) is 93.7 cm³/mol. The average Bonchev–Trinajstić information content (AvgIpc) is 3.10. The first-order valence-corrected chi connectivity index (χ1v) is 10.4. The second kappa shape index (κ2) is 7.21. The molecule has 25 heavy (non-hydrogen) atoms. The summed E-state index contributed by atoms with van der Waals surface area (Å²) in [5.41, 5.74) is 6.67. The second-order valence-corrected chi connectivity index (χ2v) is 9.15. The SMILES string of the molecule is O=C(C[C@@H]1CCS(=O)(=O)C1)NNC(=O)N[C@@H]1CCc2c(Cl)cccc21. The molecular weight excluding hydrogens is 366 g/mol. The first-order chi connectivity index (χ1) is 11.8. The van der Waals surface area contributed by atoms with E-state index >= 15 is 0 Å². The lowest BCUT2D eigenvalue weighted by Gasteiger charge is -2.16. The third kappa shape index (κ3) is 4.43. The molecule has 136 valence electrons. The van der Waals surface area contributed by atoms with Gasteiger partial charge in [-0.05, 0) is 42.4 Å². The molecule has 1 aliphatic heterocycles. The van der Waals surface area contributed by atoms with Gasteiger partial charge in [0.15, 0.2) is 9.84 Å². The summed E-state index contributed by atoms with van der Waals surface area (Å²) in [5, 5.41) is 3.50. The third-order valence-electron chi connectivity index (χ3n) is 4.64. The maximum absolute atomic E-state index is 12.0. The molecule has 3 rings (SSSR count). The van der Waals surface area contributed by atoms with Crippen LogP contribution in [-0.2, 0) is 21.1 Å². The maximum atomic E-state index is 12.0. The molecule has 1 aromatic rings.